The smallest absolute Gasteiger partial charge is 0.170 e. The first-order valence-corrected chi connectivity index (χ1v) is 10.6. The molecule has 0 saturated heterocycles. The van der Waals surface area contributed by atoms with Crippen molar-refractivity contribution in [2.75, 3.05) is 25.9 Å². The first kappa shape index (κ1) is 19.1. The van der Waals surface area contributed by atoms with Crippen LogP contribution in [-0.2, 0) is 6.54 Å². The Balaban J connectivity index is 1.50. The molecule has 0 aromatic heterocycles. The van der Waals surface area contributed by atoms with E-state index in [0.717, 1.165) is 48.4 Å². The van der Waals surface area contributed by atoms with Gasteiger partial charge < -0.3 is 23.8 Å². The van der Waals surface area contributed by atoms with E-state index < -0.39 is 0 Å². The van der Waals surface area contributed by atoms with Crippen molar-refractivity contribution in [2.24, 2.45) is 0 Å². The van der Waals surface area contributed by atoms with Gasteiger partial charge in [-0.2, -0.15) is 0 Å². The van der Waals surface area contributed by atoms with Crippen molar-refractivity contribution in [3.05, 3.63) is 41.5 Å². The maximum absolute atomic E-state index is 13.0. The predicted octanol–water partition coefficient (Wildman–Crippen LogP) is 4.73. The van der Waals surface area contributed by atoms with Crippen LogP contribution >= 0.6 is 0 Å². The molecule has 2 aromatic rings. The summed E-state index contributed by atoms with van der Waals surface area (Å²) in [7, 11) is 3.25. The number of anilines is 1. The Morgan fingerprint density at radius 2 is 1.80 bits per heavy atom. The average molecular weight is 409 g/mol. The molecule has 5 rings (SSSR count). The lowest BCUT2D eigenvalue weighted by molar-refractivity contribution is 0.0123. The highest BCUT2D eigenvalue weighted by Gasteiger charge is 2.43. The van der Waals surface area contributed by atoms with E-state index in [1.165, 1.54) is 6.42 Å². The Bertz CT molecular complexity index is 980. The van der Waals surface area contributed by atoms with Crippen LogP contribution in [0.1, 0.15) is 54.4 Å². The van der Waals surface area contributed by atoms with Crippen molar-refractivity contribution in [3.63, 3.8) is 0 Å². The lowest BCUT2D eigenvalue weighted by Gasteiger charge is -2.42. The number of carbonyl (C=O) groups is 1. The van der Waals surface area contributed by atoms with Crippen LogP contribution in [0.5, 0.6) is 23.0 Å². The molecule has 1 spiro atoms. The third kappa shape index (κ3) is 3.15. The van der Waals surface area contributed by atoms with Crippen molar-refractivity contribution in [2.45, 2.75) is 50.7 Å². The van der Waals surface area contributed by atoms with Crippen LogP contribution in [0.2, 0.25) is 0 Å². The summed E-state index contributed by atoms with van der Waals surface area (Å²) in [6.07, 6.45) is 5.83. The maximum atomic E-state index is 13.0. The summed E-state index contributed by atoms with van der Waals surface area (Å²) in [5.74, 6) is 3.06. The minimum Gasteiger partial charge on any atom is -0.493 e. The Kier molecular flexibility index (Phi) is 4.72. The summed E-state index contributed by atoms with van der Waals surface area (Å²) >= 11 is 0. The van der Waals surface area contributed by atoms with Gasteiger partial charge in [0, 0.05) is 11.8 Å². The molecule has 0 N–H and O–H groups in total. The van der Waals surface area contributed by atoms with E-state index in [0.29, 0.717) is 36.8 Å². The van der Waals surface area contributed by atoms with E-state index in [1.54, 1.807) is 14.2 Å². The highest BCUT2D eigenvalue weighted by Crippen LogP contribution is 2.47. The van der Waals surface area contributed by atoms with Crippen LogP contribution in [0.4, 0.5) is 5.69 Å². The molecular weight excluding hydrogens is 382 g/mol. The average Bonchev–Trinajstić information content (AvgIpc) is 2.78. The number of benzene rings is 2. The van der Waals surface area contributed by atoms with Crippen LogP contribution in [-0.4, -0.2) is 32.3 Å². The second-order valence-electron chi connectivity index (χ2n) is 8.38. The summed E-state index contributed by atoms with van der Waals surface area (Å²) in [4.78, 5) is 15.1. The van der Waals surface area contributed by atoms with E-state index in [4.69, 9.17) is 18.9 Å². The second kappa shape index (κ2) is 7.42. The lowest BCUT2D eigenvalue weighted by Crippen LogP contribution is -2.44. The molecule has 2 aromatic carbocycles. The van der Waals surface area contributed by atoms with Gasteiger partial charge in [0.25, 0.3) is 0 Å². The Labute approximate surface area is 176 Å². The number of methoxy groups -OCH3 is 2. The van der Waals surface area contributed by atoms with Gasteiger partial charge in [-0.05, 0) is 49.9 Å². The van der Waals surface area contributed by atoms with Gasteiger partial charge in [0.15, 0.2) is 24.0 Å². The number of rotatable bonds is 3. The molecule has 6 nitrogen and oxygen atoms in total. The van der Waals surface area contributed by atoms with E-state index >= 15 is 0 Å². The Morgan fingerprint density at radius 1 is 1.00 bits per heavy atom. The van der Waals surface area contributed by atoms with E-state index in [1.807, 2.05) is 30.3 Å². The van der Waals surface area contributed by atoms with Gasteiger partial charge >= 0.3 is 0 Å². The van der Waals surface area contributed by atoms with Crippen LogP contribution in [0.25, 0.3) is 0 Å². The zero-order valence-corrected chi connectivity index (χ0v) is 17.5. The van der Waals surface area contributed by atoms with E-state index in [9.17, 15) is 4.79 Å². The van der Waals surface area contributed by atoms with Crippen LogP contribution in [0.3, 0.4) is 0 Å². The Morgan fingerprint density at radius 3 is 2.57 bits per heavy atom. The molecule has 2 aliphatic heterocycles. The number of ether oxygens (including phenoxy) is 4. The number of hydrogen-bond donors (Lipinski definition) is 0. The monoisotopic (exact) mass is 409 g/mol. The quantitative estimate of drug-likeness (QED) is 0.731. The third-order valence-electron chi connectivity index (χ3n) is 6.54. The normalized spacial score (nSPS) is 19.4. The molecule has 3 aliphatic rings. The molecule has 0 amide bonds. The lowest BCUT2D eigenvalue weighted by atomic mass is 9.78. The maximum Gasteiger partial charge on any atom is 0.170 e. The first-order chi connectivity index (χ1) is 14.6. The zero-order valence-electron chi connectivity index (χ0n) is 17.5. The van der Waals surface area contributed by atoms with Crippen molar-refractivity contribution in [3.8, 4) is 23.0 Å². The van der Waals surface area contributed by atoms with Crippen molar-refractivity contribution >= 4 is 11.5 Å². The largest absolute Gasteiger partial charge is 0.493 e. The van der Waals surface area contributed by atoms with Crippen LogP contribution < -0.4 is 23.8 Å². The molecule has 0 bridgehead atoms. The molecule has 0 radical (unpaired) electrons. The molecule has 1 aliphatic carbocycles. The summed E-state index contributed by atoms with van der Waals surface area (Å²) in [6.45, 7) is 1.03. The highest BCUT2D eigenvalue weighted by molar-refractivity contribution is 6.01. The fourth-order valence-electron chi connectivity index (χ4n) is 4.92. The number of carbonyl (C=O) groups excluding carboxylic acids is 1. The fraction of sp³-hybridized carbons (Fsp3) is 0.458. The molecule has 2 heterocycles. The minimum atomic E-state index is -0.344. The van der Waals surface area contributed by atoms with E-state index in [-0.39, 0.29) is 11.4 Å². The SMILES string of the molecule is COc1ccc(N2COc3ccc4c(c3C2)OC2(CCCCC2)CC4=O)cc1OC. The van der Waals surface area contributed by atoms with Gasteiger partial charge in [-0.3, -0.25) is 4.79 Å². The molecule has 0 unspecified atom stereocenters. The molecule has 158 valence electrons. The number of Topliss-reactive ketones (excluding diaryl/α,β-unsaturated/α-hetero) is 1. The van der Waals surface area contributed by atoms with Gasteiger partial charge in [-0.15, -0.1) is 0 Å². The van der Waals surface area contributed by atoms with Crippen molar-refractivity contribution in [1.82, 2.24) is 0 Å². The standard InChI is InChI=1S/C24H27NO5/c1-27-21-8-6-16(12-22(21)28-2)25-14-18-20(29-15-25)9-7-17-19(26)13-24(30-23(17)18)10-4-3-5-11-24/h6-9,12H,3-5,10-11,13-15H2,1-2H3. The number of hydrogen-bond acceptors (Lipinski definition) is 6. The zero-order chi connectivity index (χ0) is 20.7. The van der Waals surface area contributed by atoms with Gasteiger partial charge in [0.05, 0.1) is 38.3 Å². The highest BCUT2D eigenvalue weighted by atomic mass is 16.5. The number of ketones is 1. The molecule has 0 atom stereocenters. The van der Waals surface area contributed by atoms with Gasteiger partial charge in [0.2, 0.25) is 0 Å². The van der Waals surface area contributed by atoms with Crippen LogP contribution in [0, 0.1) is 0 Å². The molecule has 1 fully saturated rings. The summed E-state index contributed by atoms with van der Waals surface area (Å²) in [5, 5.41) is 0. The summed E-state index contributed by atoms with van der Waals surface area (Å²) in [6, 6.07) is 9.58. The summed E-state index contributed by atoms with van der Waals surface area (Å²) < 4.78 is 23.5. The van der Waals surface area contributed by atoms with Gasteiger partial charge in [-0.1, -0.05) is 6.42 Å². The molecular formula is C24H27NO5. The topological polar surface area (TPSA) is 57.2 Å². The van der Waals surface area contributed by atoms with Crippen LogP contribution in [0.15, 0.2) is 30.3 Å². The molecule has 6 heteroatoms. The van der Waals surface area contributed by atoms with E-state index in [2.05, 4.69) is 4.90 Å². The molecule has 30 heavy (non-hydrogen) atoms. The number of nitrogens with zero attached hydrogens (tertiary/aromatic N) is 1. The summed E-state index contributed by atoms with van der Waals surface area (Å²) in [5.41, 5.74) is 2.25. The third-order valence-corrected chi connectivity index (χ3v) is 6.54. The first-order valence-electron chi connectivity index (χ1n) is 10.6. The van der Waals surface area contributed by atoms with Crippen molar-refractivity contribution < 1.29 is 23.7 Å². The molecule has 1 saturated carbocycles. The Hall–Kier alpha value is -2.89. The van der Waals surface area contributed by atoms with Crippen molar-refractivity contribution in [1.29, 1.82) is 0 Å². The minimum absolute atomic E-state index is 0.184. The second-order valence-corrected chi connectivity index (χ2v) is 8.38. The van der Waals surface area contributed by atoms with Gasteiger partial charge in [-0.25, -0.2) is 0 Å². The fourth-order valence-corrected chi connectivity index (χ4v) is 4.92. The number of fused-ring (bicyclic) bond motifs is 3. The predicted molar refractivity (Wildman–Crippen MR) is 113 cm³/mol. The van der Waals surface area contributed by atoms with Gasteiger partial charge in [0.1, 0.15) is 17.1 Å².